The summed E-state index contributed by atoms with van der Waals surface area (Å²) in [6.45, 7) is 16.0. The zero-order chi connectivity index (χ0) is 32.1. The van der Waals surface area contributed by atoms with E-state index in [1.165, 1.54) is 12.8 Å². The summed E-state index contributed by atoms with van der Waals surface area (Å²) < 4.78 is 0. The number of hydrogen-bond acceptors (Lipinski definition) is 3. The minimum Gasteiger partial charge on any atom is -0.349 e. The Kier molecular flexibility index (Phi) is 11.6. The lowest BCUT2D eigenvalue weighted by Crippen LogP contribution is -2.37. The second-order valence-corrected chi connectivity index (χ2v) is 16.6. The molecule has 0 atom stereocenters. The molecule has 3 fully saturated rings. The minimum absolute atomic E-state index is 0.0157. The topological polar surface area (TPSA) is 87.3 Å². The molecule has 3 aliphatic rings. The van der Waals surface area contributed by atoms with Crippen LogP contribution in [0.1, 0.15) is 149 Å². The van der Waals surface area contributed by atoms with Crippen LogP contribution in [-0.4, -0.2) is 23.8 Å². The van der Waals surface area contributed by atoms with E-state index in [2.05, 4.69) is 64.4 Å². The summed E-state index contributed by atoms with van der Waals surface area (Å²) in [5.74, 6) is 1.88. The van der Waals surface area contributed by atoms with Gasteiger partial charge in [0.15, 0.2) is 0 Å². The van der Waals surface area contributed by atoms with E-state index in [1.54, 1.807) is 12.1 Å². The highest BCUT2D eigenvalue weighted by Crippen LogP contribution is 2.41. The molecule has 3 saturated carbocycles. The van der Waals surface area contributed by atoms with E-state index in [-0.39, 0.29) is 46.4 Å². The van der Waals surface area contributed by atoms with E-state index in [1.807, 2.05) is 6.07 Å². The first-order chi connectivity index (χ1) is 20.7. The van der Waals surface area contributed by atoms with Gasteiger partial charge in [0.25, 0.3) is 5.91 Å². The van der Waals surface area contributed by atoms with Crippen molar-refractivity contribution in [3.63, 3.8) is 0 Å². The molecule has 0 radical (unpaired) electrons. The van der Waals surface area contributed by atoms with Crippen molar-refractivity contribution in [1.29, 1.82) is 0 Å². The Balaban J connectivity index is 1.45. The smallest absolute Gasteiger partial charge is 0.251 e. The molecular weight excluding hydrogens is 546 g/mol. The van der Waals surface area contributed by atoms with E-state index in [0.29, 0.717) is 28.8 Å². The van der Waals surface area contributed by atoms with Crippen LogP contribution in [0.3, 0.4) is 0 Å². The fourth-order valence-electron chi connectivity index (χ4n) is 8.11. The van der Waals surface area contributed by atoms with Crippen molar-refractivity contribution >= 4 is 29.1 Å². The second-order valence-electron chi connectivity index (χ2n) is 16.6. The van der Waals surface area contributed by atoms with Crippen LogP contribution >= 0.6 is 0 Å². The molecule has 0 unspecified atom stereocenters. The van der Waals surface area contributed by atoms with Crippen LogP contribution in [0, 0.1) is 40.4 Å². The quantitative estimate of drug-likeness (QED) is 0.275. The lowest BCUT2D eigenvalue weighted by atomic mass is 9.69. The Hall–Kier alpha value is -2.37. The number of benzene rings is 1. The van der Waals surface area contributed by atoms with Crippen LogP contribution in [-0.2, 0) is 9.59 Å². The number of nitrogens with one attached hydrogen (secondary N) is 3. The first-order valence-corrected chi connectivity index (χ1v) is 17.8. The summed E-state index contributed by atoms with van der Waals surface area (Å²) in [5.41, 5.74) is 2.18. The maximum absolute atomic E-state index is 13.5. The van der Waals surface area contributed by atoms with Crippen molar-refractivity contribution < 1.29 is 14.4 Å². The Morgan fingerprint density at radius 3 is 1.45 bits per heavy atom. The van der Waals surface area contributed by atoms with Crippen molar-refractivity contribution in [2.75, 3.05) is 10.6 Å². The van der Waals surface area contributed by atoms with E-state index in [9.17, 15) is 14.4 Å². The summed E-state index contributed by atoms with van der Waals surface area (Å²) in [6, 6.07) is 5.55. The standard InChI is InChI=1S/C38H61N3O3/c1-8-9-25-10-20-31(21-11-25)39-36(44)28-22-32(40-34(42)26-12-16-29(17-13-26)37(2,3)4)24-33(23-28)41-35(43)27-14-18-30(19-15-27)38(5,6)7/h22-27,29-31H,8-21H2,1-7H3,(H,39,44)(H,40,42)(H,41,43). The molecule has 3 aliphatic carbocycles. The van der Waals surface area contributed by atoms with Crippen LogP contribution in [0.15, 0.2) is 18.2 Å². The van der Waals surface area contributed by atoms with Crippen molar-refractivity contribution in [1.82, 2.24) is 5.32 Å². The summed E-state index contributed by atoms with van der Waals surface area (Å²) in [4.78, 5) is 40.3. The highest BCUT2D eigenvalue weighted by molar-refractivity contribution is 6.01. The van der Waals surface area contributed by atoms with Gasteiger partial charge in [-0.2, -0.15) is 0 Å². The van der Waals surface area contributed by atoms with Crippen LogP contribution in [0.5, 0.6) is 0 Å². The van der Waals surface area contributed by atoms with Gasteiger partial charge in [-0.05, 0) is 124 Å². The summed E-state index contributed by atoms with van der Waals surface area (Å²) >= 11 is 0. The Bertz CT molecular complexity index is 1060. The van der Waals surface area contributed by atoms with Crippen LogP contribution in [0.4, 0.5) is 11.4 Å². The zero-order valence-corrected chi connectivity index (χ0v) is 28.8. The molecule has 0 aliphatic heterocycles. The van der Waals surface area contributed by atoms with Gasteiger partial charge in [-0.3, -0.25) is 14.4 Å². The summed E-state index contributed by atoms with van der Waals surface area (Å²) in [7, 11) is 0. The van der Waals surface area contributed by atoms with Gasteiger partial charge in [-0.15, -0.1) is 0 Å². The van der Waals surface area contributed by atoms with Gasteiger partial charge in [-0.25, -0.2) is 0 Å². The van der Waals surface area contributed by atoms with Crippen molar-refractivity contribution in [3.05, 3.63) is 23.8 Å². The number of anilines is 2. The van der Waals surface area contributed by atoms with Gasteiger partial charge in [0.2, 0.25) is 11.8 Å². The number of rotatable bonds is 8. The molecule has 246 valence electrons. The van der Waals surface area contributed by atoms with E-state index >= 15 is 0 Å². The summed E-state index contributed by atoms with van der Waals surface area (Å²) in [5, 5.41) is 9.52. The maximum atomic E-state index is 13.5. The number of hydrogen-bond donors (Lipinski definition) is 3. The van der Waals surface area contributed by atoms with Gasteiger partial charge < -0.3 is 16.0 Å². The molecule has 6 heteroatoms. The molecule has 4 rings (SSSR count). The molecule has 0 heterocycles. The molecule has 1 aromatic rings. The lowest BCUT2D eigenvalue weighted by Gasteiger charge is -2.36. The molecular formula is C38H61N3O3. The van der Waals surface area contributed by atoms with Crippen LogP contribution < -0.4 is 16.0 Å². The number of carbonyl (C=O) groups excluding carboxylic acids is 3. The predicted molar refractivity (Wildman–Crippen MR) is 182 cm³/mol. The van der Waals surface area contributed by atoms with Crippen molar-refractivity contribution in [2.45, 2.75) is 144 Å². The van der Waals surface area contributed by atoms with Gasteiger partial charge in [0.05, 0.1) is 0 Å². The predicted octanol–water partition coefficient (Wildman–Crippen LogP) is 9.36. The average Bonchev–Trinajstić information content (AvgIpc) is 2.97. The molecule has 6 nitrogen and oxygen atoms in total. The second kappa shape index (κ2) is 14.8. The third-order valence-corrected chi connectivity index (χ3v) is 11.3. The molecule has 0 bridgehead atoms. The zero-order valence-electron chi connectivity index (χ0n) is 28.8. The molecule has 0 aromatic heterocycles. The monoisotopic (exact) mass is 607 g/mol. The third-order valence-electron chi connectivity index (χ3n) is 11.3. The normalized spacial score (nSPS) is 28.2. The molecule has 0 spiro atoms. The molecule has 0 saturated heterocycles. The lowest BCUT2D eigenvalue weighted by molar-refractivity contribution is -0.122. The fourth-order valence-corrected chi connectivity index (χ4v) is 8.11. The third kappa shape index (κ3) is 9.57. The number of amides is 3. The first kappa shape index (κ1) is 34.5. The van der Waals surface area contributed by atoms with E-state index in [4.69, 9.17) is 0 Å². The van der Waals surface area contributed by atoms with Gasteiger partial charge in [-0.1, -0.05) is 61.3 Å². The molecule has 3 N–H and O–H groups in total. The highest BCUT2D eigenvalue weighted by atomic mass is 16.2. The van der Waals surface area contributed by atoms with Gasteiger partial charge in [0, 0.05) is 34.8 Å². The Morgan fingerprint density at radius 2 is 1.07 bits per heavy atom. The minimum atomic E-state index is -0.132. The largest absolute Gasteiger partial charge is 0.349 e. The molecule has 1 aromatic carbocycles. The number of carbonyl (C=O) groups is 3. The maximum Gasteiger partial charge on any atom is 0.251 e. The Morgan fingerprint density at radius 1 is 0.636 bits per heavy atom. The van der Waals surface area contributed by atoms with Gasteiger partial charge in [0.1, 0.15) is 0 Å². The first-order valence-electron chi connectivity index (χ1n) is 17.8. The van der Waals surface area contributed by atoms with Crippen LogP contribution in [0.25, 0.3) is 0 Å². The molecule has 3 amide bonds. The fraction of sp³-hybridized carbons (Fsp3) is 0.763. The van der Waals surface area contributed by atoms with E-state index < -0.39 is 0 Å². The van der Waals surface area contributed by atoms with Crippen LogP contribution in [0.2, 0.25) is 0 Å². The molecule has 44 heavy (non-hydrogen) atoms. The Labute approximate surface area is 267 Å². The SMILES string of the molecule is CCCC1CCC(NC(=O)c2cc(NC(=O)C3CCC(C(C)(C)C)CC3)cc(NC(=O)C3CCC(C(C)(C)C)CC3)c2)CC1. The van der Waals surface area contributed by atoms with E-state index in [0.717, 1.165) is 83.0 Å². The van der Waals surface area contributed by atoms with Crippen molar-refractivity contribution in [2.24, 2.45) is 40.4 Å². The summed E-state index contributed by atoms with van der Waals surface area (Å²) in [6.07, 6.45) is 14.6. The average molecular weight is 608 g/mol. The van der Waals surface area contributed by atoms with Crippen molar-refractivity contribution in [3.8, 4) is 0 Å². The highest BCUT2D eigenvalue weighted by Gasteiger charge is 2.34. The van der Waals surface area contributed by atoms with Gasteiger partial charge >= 0.3 is 0 Å².